The predicted octanol–water partition coefficient (Wildman–Crippen LogP) is 2.73. The predicted molar refractivity (Wildman–Crippen MR) is 77.3 cm³/mol. The minimum absolute atomic E-state index is 0.0983. The second-order valence-corrected chi connectivity index (χ2v) is 6.24. The Kier molecular flexibility index (Phi) is 5.00. The lowest BCUT2D eigenvalue weighted by Crippen LogP contribution is -2.43. The van der Waals surface area contributed by atoms with Gasteiger partial charge in [-0.25, -0.2) is 4.39 Å². The fraction of sp³-hybridized carbons (Fsp3) is 0.625. The molecule has 1 fully saturated rings. The summed E-state index contributed by atoms with van der Waals surface area (Å²) in [5.74, 6) is -0.211. The van der Waals surface area contributed by atoms with Crippen molar-refractivity contribution < 1.29 is 14.2 Å². The molecular weight excluding hydrogens is 257 g/mol. The molecule has 1 aliphatic carbocycles. The lowest BCUT2D eigenvalue weighted by atomic mass is 9.87. The highest BCUT2D eigenvalue weighted by atomic mass is 19.1. The van der Waals surface area contributed by atoms with Crippen molar-refractivity contribution in [3.05, 3.63) is 30.1 Å². The Bertz CT molecular complexity index is 436. The van der Waals surface area contributed by atoms with Crippen LogP contribution in [0.1, 0.15) is 33.1 Å². The average Bonchev–Trinajstić information content (AvgIpc) is 2.74. The number of rotatable bonds is 6. The molecule has 2 unspecified atom stereocenters. The van der Waals surface area contributed by atoms with Crippen molar-refractivity contribution in [1.29, 1.82) is 0 Å². The first-order chi connectivity index (χ1) is 9.49. The molecule has 1 aliphatic rings. The summed E-state index contributed by atoms with van der Waals surface area (Å²) in [6.07, 6.45) is 2.96. The lowest BCUT2D eigenvalue weighted by Gasteiger charge is -2.28. The molecule has 0 spiro atoms. The fourth-order valence-electron chi connectivity index (χ4n) is 2.79. The second kappa shape index (κ2) is 6.55. The van der Waals surface area contributed by atoms with Crippen molar-refractivity contribution in [2.75, 3.05) is 13.2 Å². The summed E-state index contributed by atoms with van der Waals surface area (Å²) in [5, 5.41) is 13.3. The zero-order chi connectivity index (χ0) is 14.6. The topological polar surface area (TPSA) is 41.5 Å². The minimum atomic E-state index is -0.633. The van der Waals surface area contributed by atoms with Crippen molar-refractivity contribution in [2.24, 2.45) is 5.41 Å². The molecule has 4 heteroatoms. The second-order valence-electron chi connectivity index (χ2n) is 6.24. The lowest BCUT2D eigenvalue weighted by molar-refractivity contribution is 0.0966. The first-order valence-electron chi connectivity index (χ1n) is 7.28. The third kappa shape index (κ3) is 3.93. The van der Waals surface area contributed by atoms with Crippen molar-refractivity contribution in [3.8, 4) is 5.75 Å². The van der Waals surface area contributed by atoms with Gasteiger partial charge in [0, 0.05) is 12.6 Å². The molecule has 0 saturated heterocycles. The highest BCUT2D eigenvalue weighted by molar-refractivity contribution is 5.23. The SMILES string of the molecule is CC1(C)CCCC1NCC(O)COc1ccccc1F. The first kappa shape index (κ1) is 15.3. The van der Waals surface area contributed by atoms with Gasteiger partial charge in [-0.2, -0.15) is 0 Å². The van der Waals surface area contributed by atoms with Crippen molar-refractivity contribution in [2.45, 2.75) is 45.3 Å². The van der Waals surface area contributed by atoms with Gasteiger partial charge in [0.25, 0.3) is 0 Å². The molecule has 2 atom stereocenters. The van der Waals surface area contributed by atoms with Crippen LogP contribution in [0.5, 0.6) is 5.75 Å². The molecule has 1 saturated carbocycles. The number of halogens is 1. The van der Waals surface area contributed by atoms with Crippen LogP contribution >= 0.6 is 0 Å². The van der Waals surface area contributed by atoms with Crippen LogP contribution in [-0.4, -0.2) is 30.4 Å². The first-order valence-corrected chi connectivity index (χ1v) is 7.28. The molecule has 2 N–H and O–H groups in total. The fourth-order valence-corrected chi connectivity index (χ4v) is 2.79. The van der Waals surface area contributed by atoms with Gasteiger partial charge >= 0.3 is 0 Å². The number of benzene rings is 1. The third-order valence-corrected chi connectivity index (χ3v) is 4.12. The Labute approximate surface area is 120 Å². The summed E-state index contributed by atoms with van der Waals surface area (Å²) in [6, 6.07) is 6.67. The van der Waals surface area contributed by atoms with E-state index in [-0.39, 0.29) is 17.8 Å². The normalized spacial score (nSPS) is 22.7. The molecular formula is C16H24FNO2. The van der Waals surface area contributed by atoms with E-state index >= 15 is 0 Å². The standard InChI is InChI=1S/C16H24FNO2/c1-16(2)9-5-8-15(16)18-10-12(19)11-20-14-7-4-3-6-13(14)17/h3-4,6-7,12,15,18-19H,5,8-11H2,1-2H3. The summed E-state index contributed by atoms with van der Waals surface area (Å²) in [5.41, 5.74) is 0.284. The van der Waals surface area contributed by atoms with Crippen LogP contribution in [0.4, 0.5) is 4.39 Å². The van der Waals surface area contributed by atoms with Gasteiger partial charge in [-0.15, -0.1) is 0 Å². The van der Waals surface area contributed by atoms with E-state index in [1.54, 1.807) is 18.2 Å². The van der Waals surface area contributed by atoms with Gasteiger partial charge in [-0.3, -0.25) is 0 Å². The Morgan fingerprint density at radius 1 is 1.45 bits per heavy atom. The highest BCUT2D eigenvalue weighted by Crippen LogP contribution is 2.37. The maximum absolute atomic E-state index is 13.4. The summed E-state index contributed by atoms with van der Waals surface area (Å²) in [7, 11) is 0. The molecule has 0 heterocycles. The van der Waals surface area contributed by atoms with Crippen LogP contribution in [0.3, 0.4) is 0 Å². The number of para-hydroxylation sites is 1. The van der Waals surface area contributed by atoms with Crippen LogP contribution in [0.2, 0.25) is 0 Å². The van der Waals surface area contributed by atoms with E-state index in [2.05, 4.69) is 19.2 Å². The van der Waals surface area contributed by atoms with E-state index < -0.39 is 11.9 Å². The zero-order valence-corrected chi connectivity index (χ0v) is 12.2. The van der Waals surface area contributed by atoms with E-state index in [1.165, 1.54) is 18.9 Å². The van der Waals surface area contributed by atoms with Gasteiger partial charge in [0.05, 0.1) is 0 Å². The molecule has 1 aromatic rings. The van der Waals surface area contributed by atoms with Gasteiger partial charge in [0.15, 0.2) is 11.6 Å². The van der Waals surface area contributed by atoms with Gasteiger partial charge in [0.2, 0.25) is 0 Å². The minimum Gasteiger partial charge on any atom is -0.488 e. The van der Waals surface area contributed by atoms with Crippen LogP contribution in [0.25, 0.3) is 0 Å². The number of hydrogen-bond acceptors (Lipinski definition) is 3. The molecule has 0 aliphatic heterocycles. The third-order valence-electron chi connectivity index (χ3n) is 4.12. The Balaban J connectivity index is 1.73. The summed E-state index contributed by atoms with van der Waals surface area (Å²) < 4.78 is 18.7. The van der Waals surface area contributed by atoms with E-state index in [0.717, 1.165) is 6.42 Å². The molecule has 0 aromatic heterocycles. The molecule has 0 bridgehead atoms. The zero-order valence-electron chi connectivity index (χ0n) is 12.2. The molecule has 0 amide bonds. The maximum Gasteiger partial charge on any atom is 0.165 e. The van der Waals surface area contributed by atoms with Crippen molar-refractivity contribution in [1.82, 2.24) is 5.32 Å². The van der Waals surface area contributed by atoms with E-state index in [4.69, 9.17) is 4.74 Å². The van der Waals surface area contributed by atoms with Crippen LogP contribution < -0.4 is 10.1 Å². The van der Waals surface area contributed by atoms with Gasteiger partial charge in [-0.1, -0.05) is 32.4 Å². The van der Waals surface area contributed by atoms with Crippen LogP contribution in [0.15, 0.2) is 24.3 Å². The van der Waals surface area contributed by atoms with Gasteiger partial charge in [-0.05, 0) is 30.4 Å². The molecule has 20 heavy (non-hydrogen) atoms. The summed E-state index contributed by atoms with van der Waals surface area (Å²) >= 11 is 0. The van der Waals surface area contributed by atoms with E-state index in [1.807, 2.05) is 0 Å². The average molecular weight is 281 g/mol. The molecule has 1 aromatic carbocycles. The summed E-state index contributed by atoms with van der Waals surface area (Å²) in [6.45, 7) is 5.07. The number of aliphatic hydroxyl groups is 1. The molecule has 2 rings (SSSR count). The Morgan fingerprint density at radius 2 is 2.20 bits per heavy atom. The number of aliphatic hydroxyl groups excluding tert-OH is 1. The van der Waals surface area contributed by atoms with Crippen LogP contribution in [-0.2, 0) is 0 Å². The maximum atomic E-state index is 13.4. The summed E-state index contributed by atoms with van der Waals surface area (Å²) in [4.78, 5) is 0. The quantitative estimate of drug-likeness (QED) is 0.842. The Morgan fingerprint density at radius 3 is 2.85 bits per heavy atom. The Hall–Kier alpha value is -1.13. The molecule has 112 valence electrons. The van der Waals surface area contributed by atoms with Gasteiger partial charge in [0.1, 0.15) is 12.7 Å². The van der Waals surface area contributed by atoms with Crippen molar-refractivity contribution >= 4 is 0 Å². The highest BCUT2D eigenvalue weighted by Gasteiger charge is 2.34. The number of ether oxygens (including phenoxy) is 1. The molecule has 0 radical (unpaired) electrons. The van der Waals surface area contributed by atoms with E-state index in [0.29, 0.717) is 12.6 Å². The van der Waals surface area contributed by atoms with Crippen molar-refractivity contribution in [3.63, 3.8) is 0 Å². The molecule has 3 nitrogen and oxygen atoms in total. The van der Waals surface area contributed by atoms with Gasteiger partial charge < -0.3 is 15.2 Å². The van der Waals surface area contributed by atoms with E-state index in [9.17, 15) is 9.50 Å². The van der Waals surface area contributed by atoms with Crippen LogP contribution in [0, 0.1) is 11.2 Å². The number of nitrogens with one attached hydrogen (secondary N) is 1. The smallest absolute Gasteiger partial charge is 0.165 e. The largest absolute Gasteiger partial charge is 0.488 e. The monoisotopic (exact) mass is 281 g/mol. The number of hydrogen-bond donors (Lipinski definition) is 2.